The SMILES string of the molecule is CC(C)(CO)CO.OP(O)Cl. The van der Waals surface area contributed by atoms with Gasteiger partial charge in [0.2, 0.25) is 0 Å². The monoisotopic (exact) mass is 204 g/mol. The molecule has 0 spiro atoms. The van der Waals surface area contributed by atoms with Gasteiger partial charge in [-0.2, -0.15) is 0 Å². The van der Waals surface area contributed by atoms with Gasteiger partial charge in [0.05, 0.1) is 13.2 Å². The Morgan fingerprint density at radius 1 is 1.18 bits per heavy atom. The van der Waals surface area contributed by atoms with Gasteiger partial charge in [0.1, 0.15) is 0 Å². The maximum absolute atomic E-state index is 8.43. The van der Waals surface area contributed by atoms with Crippen LogP contribution in [0.3, 0.4) is 0 Å². The van der Waals surface area contributed by atoms with Gasteiger partial charge in [0.25, 0.3) is 7.73 Å². The normalized spacial score (nSPS) is 10.9. The van der Waals surface area contributed by atoms with Crippen molar-refractivity contribution in [2.45, 2.75) is 13.8 Å². The van der Waals surface area contributed by atoms with E-state index in [1.165, 1.54) is 0 Å². The quantitative estimate of drug-likeness (QED) is 0.492. The van der Waals surface area contributed by atoms with Gasteiger partial charge >= 0.3 is 0 Å². The third-order valence-corrected chi connectivity index (χ3v) is 0.856. The van der Waals surface area contributed by atoms with Crippen LogP contribution in [0.2, 0.25) is 0 Å². The van der Waals surface area contributed by atoms with Crippen LogP contribution in [0.1, 0.15) is 13.8 Å². The first-order valence-corrected chi connectivity index (χ1v) is 5.06. The first-order chi connectivity index (χ1) is 4.85. The summed E-state index contributed by atoms with van der Waals surface area (Å²) in [6.07, 6.45) is 0. The van der Waals surface area contributed by atoms with E-state index < -0.39 is 7.73 Å². The molecule has 0 amide bonds. The Labute approximate surface area is 72.2 Å². The minimum absolute atomic E-state index is 0.0451. The van der Waals surface area contributed by atoms with Gasteiger partial charge in [-0.05, 0) is 11.2 Å². The molecule has 0 aromatic carbocycles. The van der Waals surface area contributed by atoms with Crippen LogP contribution in [-0.2, 0) is 0 Å². The Balaban J connectivity index is 0. The van der Waals surface area contributed by atoms with Gasteiger partial charge < -0.3 is 20.0 Å². The summed E-state index contributed by atoms with van der Waals surface area (Å²) < 4.78 is 0. The molecule has 4 nitrogen and oxygen atoms in total. The minimum Gasteiger partial charge on any atom is -0.396 e. The zero-order valence-corrected chi connectivity index (χ0v) is 8.18. The molecule has 0 atom stereocenters. The van der Waals surface area contributed by atoms with Crippen LogP contribution < -0.4 is 0 Å². The summed E-state index contributed by atoms with van der Waals surface area (Å²) in [6.45, 7) is 3.69. The predicted octanol–water partition coefficient (Wildman–Crippen LogP) is 0.434. The summed E-state index contributed by atoms with van der Waals surface area (Å²) in [4.78, 5) is 14.9. The smallest absolute Gasteiger partial charge is 0.271 e. The molecule has 0 unspecified atom stereocenters. The second-order valence-corrected chi connectivity index (χ2v) is 4.11. The van der Waals surface area contributed by atoms with Crippen molar-refractivity contribution < 1.29 is 20.0 Å². The van der Waals surface area contributed by atoms with Gasteiger partial charge in [-0.25, -0.2) is 0 Å². The Kier molecular flexibility index (Phi) is 9.26. The summed E-state index contributed by atoms with van der Waals surface area (Å²) in [5.41, 5.74) is -0.306. The fraction of sp³-hybridized carbons (Fsp3) is 1.00. The lowest BCUT2D eigenvalue weighted by Gasteiger charge is -2.16. The highest BCUT2D eigenvalue weighted by Crippen LogP contribution is 2.27. The molecule has 4 N–H and O–H groups in total. The molecular formula is C5H14ClO4P. The maximum Gasteiger partial charge on any atom is 0.271 e. The Morgan fingerprint density at radius 2 is 1.36 bits per heavy atom. The van der Waals surface area contributed by atoms with E-state index in [0.717, 1.165) is 0 Å². The van der Waals surface area contributed by atoms with Crippen molar-refractivity contribution in [3.05, 3.63) is 0 Å². The topological polar surface area (TPSA) is 80.9 Å². The van der Waals surface area contributed by atoms with Crippen LogP contribution in [0.25, 0.3) is 0 Å². The molecule has 0 saturated heterocycles. The molecule has 0 rings (SSSR count). The largest absolute Gasteiger partial charge is 0.396 e. The second kappa shape index (κ2) is 7.22. The Morgan fingerprint density at radius 3 is 1.36 bits per heavy atom. The lowest BCUT2D eigenvalue weighted by molar-refractivity contribution is 0.0857. The van der Waals surface area contributed by atoms with Crippen LogP contribution in [0, 0.1) is 5.41 Å². The first-order valence-electron chi connectivity index (χ1n) is 2.91. The van der Waals surface area contributed by atoms with Gasteiger partial charge in [0, 0.05) is 5.41 Å². The maximum atomic E-state index is 8.43. The molecule has 0 saturated carbocycles. The molecule has 0 bridgehead atoms. The van der Waals surface area contributed by atoms with E-state index in [9.17, 15) is 0 Å². The molecule has 0 aliphatic carbocycles. The van der Waals surface area contributed by atoms with Crippen LogP contribution in [0.15, 0.2) is 0 Å². The highest BCUT2D eigenvalue weighted by Gasteiger charge is 2.13. The van der Waals surface area contributed by atoms with Crippen molar-refractivity contribution in [2.24, 2.45) is 5.41 Å². The summed E-state index contributed by atoms with van der Waals surface area (Å²) in [7, 11) is -2.15. The van der Waals surface area contributed by atoms with Crippen molar-refractivity contribution in [3.8, 4) is 0 Å². The van der Waals surface area contributed by atoms with Gasteiger partial charge in [0.15, 0.2) is 0 Å². The highest BCUT2D eigenvalue weighted by atomic mass is 35.7. The van der Waals surface area contributed by atoms with E-state index in [1.807, 2.05) is 0 Å². The number of aliphatic hydroxyl groups is 2. The molecule has 70 valence electrons. The Bertz CT molecular complexity index is 79.8. The van der Waals surface area contributed by atoms with E-state index in [4.69, 9.17) is 20.0 Å². The molecule has 0 radical (unpaired) electrons. The first kappa shape index (κ1) is 14.1. The fourth-order valence-corrected chi connectivity index (χ4v) is 0.0500. The summed E-state index contributed by atoms with van der Waals surface area (Å²) in [5.74, 6) is 0. The number of rotatable bonds is 2. The zero-order valence-electron chi connectivity index (χ0n) is 6.53. The van der Waals surface area contributed by atoms with E-state index >= 15 is 0 Å². The zero-order chi connectivity index (χ0) is 9.49. The van der Waals surface area contributed by atoms with E-state index in [0.29, 0.717) is 0 Å². The van der Waals surface area contributed by atoms with E-state index in [1.54, 1.807) is 13.8 Å². The van der Waals surface area contributed by atoms with Gasteiger partial charge in [-0.1, -0.05) is 13.8 Å². The number of aliphatic hydroxyl groups excluding tert-OH is 2. The van der Waals surface area contributed by atoms with Gasteiger partial charge in [-0.15, -0.1) is 0 Å². The van der Waals surface area contributed by atoms with Crippen molar-refractivity contribution in [2.75, 3.05) is 13.2 Å². The van der Waals surface area contributed by atoms with Crippen molar-refractivity contribution in [1.82, 2.24) is 0 Å². The molecule has 11 heavy (non-hydrogen) atoms. The molecular weight excluding hydrogens is 190 g/mol. The number of hydrogen-bond donors (Lipinski definition) is 4. The average molecular weight is 205 g/mol. The summed E-state index contributed by atoms with van der Waals surface area (Å²) in [5, 5.41) is 16.9. The average Bonchev–Trinajstić information content (AvgIpc) is 1.87. The molecule has 0 aliphatic heterocycles. The van der Waals surface area contributed by atoms with Crippen LogP contribution in [0.4, 0.5) is 0 Å². The highest BCUT2D eigenvalue weighted by molar-refractivity contribution is 7.74. The number of hydrogen-bond acceptors (Lipinski definition) is 4. The number of halogens is 1. The molecule has 0 heterocycles. The predicted molar refractivity (Wildman–Crippen MR) is 45.2 cm³/mol. The molecule has 0 aromatic rings. The van der Waals surface area contributed by atoms with E-state index in [2.05, 4.69) is 11.2 Å². The fourth-order valence-electron chi connectivity index (χ4n) is 0.0500. The molecule has 0 aliphatic rings. The Hall–Kier alpha value is 0.560. The summed E-state index contributed by atoms with van der Waals surface area (Å²) >= 11 is 4.45. The molecule has 0 fully saturated rings. The van der Waals surface area contributed by atoms with Crippen LogP contribution >= 0.6 is 19.0 Å². The van der Waals surface area contributed by atoms with Crippen molar-refractivity contribution >= 4 is 19.0 Å². The standard InChI is InChI=1S/C5H12O2.ClH2O2P/c1-5(2,3-6)4-7;1-4(2)3/h6-7H,3-4H2,1-2H3;2-3H. The molecule has 6 heteroatoms. The third kappa shape index (κ3) is 18.0. The van der Waals surface area contributed by atoms with Crippen LogP contribution in [0.5, 0.6) is 0 Å². The van der Waals surface area contributed by atoms with Gasteiger partial charge in [-0.3, -0.25) is 0 Å². The van der Waals surface area contributed by atoms with Crippen molar-refractivity contribution in [1.29, 1.82) is 0 Å². The lowest BCUT2D eigenvalue weighted by Crippen LogP contribution is -2.20. The summed E-state index contributed by atoms with van der Waals surface area (Å²) in [6, 6.07) is 0. The second-order valence-electron chi connectivity index (χ2n) is 2.72. The van der Waals surface area contributed by atoms with Crippen LogP contribution in [-0.4, -0.2) is 33.2 Å². The van der Waals surface area contributed by atoms with E-state index in [-0.39, 0.29) is 18.6 Å². The third-order valence-electron chi connectivity index (χ3n) is 0.856. The minimum atomic E-state index is -2.15. The lowest BCUT2D eigenvalue weighted by atomic mass is 9.97. The molecule has 0 aromatic heterocycles. The van der Waals surface area contributed by atoms with Crippen molar-refractivity contribution in [3.63, 3.8) is 0 Å².